The molecule has 22 heavy (non-hydrogen) atoms. The lowest BCUT2D eigenvalue weighted by Crippen LogP contribution is -2.38. The maximum Gasteiger partial charge on any atom is 0.219 e. The van der Waals surface area contributed by atoms with Crippen molar-refractivity contribution < 1.29 is 4.79 Å². The maximum absolute atomic E-state index is 11.7. The molecule has 2 aromatic heterocycles. The molecular formula is C16H21N5O. The monoisotopic (exact) mass is 299 g/mol. The van der Waals surface area contributed by atoms with E-state index in [1.54, 1.807) is 19.3 Å². The summed E-state index contributed by atoms with van der Waals surface area (Å²) in [6.07, 6.45) is 7.33. The highest BCUT2D eigenvalue weighted by Crippen LogP contribution is 2.31. The van der Waals surface area contributed by atoms with E-state index in [9.17, 15) is 4.79 Å². The fraction of sp³-hybridized carbons (Fsp3) is 0.500. The van der Waals surface area contributed by atoms with Crippen LogP contribution in [0.5, 0.6) is 0 Å². The molecule has 0 saturated carbocycles. The average molecular weight is 299 g/mol. The fourth-order valence-electron chi connectivity index (χ4n) is 3.05. The molecule has 1 aliphatic heterocycles. The van der Waals surface area contributed by atoms with Crippen LogP contribution in [0.4, 0.5) is 0 Å². The van der Waals surface area contributed by atoms with E-state index in [-0.39, 0.29) is 11.8 Å². The second kappa shape index (κ2) is 5.87. The summed E-state index contributed by atoms with van der Waals surface area (Å²) in [5, 5.41) is 0. The van der Waals surface area contributed by atoms with E-state index in [1.807, 2.05) is 29.6 Å². The van der Waals surface area contributed by atoms with Gasteiger partial charge in [-0.05, 0) is 19.8 Å². The summed E-state index contributed by atoms with van der Waals surface area (Å²) in [6, 6.07) is 0. The number of aryl methyl sites for hydroxylation is 1. The van der Waals surface area contributed by atoms with Crippen molar-refractivity contribution in [2.24, 2.45) is 7.05 Å². The summed E-state index contributed by atoms with van der Waals surface area (Å²) in [5.41, 5.74) is 2.82. The zero-order valence-corrected chi connectivity index (χ0v) is 13.3. The van der Waals surface area contributed by atoms with Gasteiger partial charge in [-0.25, -0.2) is 4.98 Å². The molecule has 1 saturated heterocycles. The molecule has 116 valence electrons. The fourth-order valence-corrected chi connectivity index (χ4v) is 3.05. The van der Waals surface area contributed by atoms with Gasteiger partial charge in [0.25, 0.3) is 0 Å². The number of carbonyl (C=O) groups is 1. The van der Waals surface area contributed by atoms with Gasteiger partial charge in [0.15, 0.2) is 0 Å². The topological polar surface area (TPSA) is 63.9 Å². The number of hydrogen-bond acceptors (Lipinski definition) is 4. The minimum absolute atomic E-state index is 0.131. The van der Waals surface area contributed by atoms with Gasteiger partial charge in [0, 0.05) is 45.4 Å². The number of hydrogen-bond donors (Lipinski definition) is 0. The lowest BCUT2D eigenvalue weighted by molar-refractivity contribution is -0.130. The first kappa shape index (κ1) is 14.7. The molecule has 2 aromatic rings. The second-order valence-corrected chi connectivity index (χ2v) is 5.84. The molecule has 1 fully saturated rings. The van der Waals surface area contributed by atoms with Gasteiger partial charge in [-0.2, -0.15) is 0 Å². The molecule has 3 heterocycles. The highest BCUT2D eigenvalue weighted by Gasteiger charge is 2.27. The quantitative estimate of drug-likeness (QED) is 0.850. The van der Waals surface area contributed by atoms with Crippen molar-refractivity contribution in [1.82, 2.24) is 24.4 Å². The minimum atomic E-state index is 0.131. The van der Waals surface area contributed by atoms with Gasteiger partial charge in [-0.3, -0.25) is 14.8 Å². The average Bonchev–Trinajstić information content (AvgIpc) is 2.87. The van der Waals surface area contributed by atoms with Crippen molar-refractivity contribution in [3.05, 3.63) is 30.1 Å². The Kier molecular flexibility index (Phi) is 3.92. The number of rotatable bonds is 2. The number of likely N-dealkylation sites (tertiary alicyclic amines) is 1. The Hall–Kier alpha value is -2.24. The van der Waals surface area contributed by atoms with Crippen LogP contribution in [-0.4, -0.2) is 43.4 Å². The van der Waals surface area contributed by atoms with Crippen LogP contribution in [0.15, 0.2) is 18.6 Å². The number of imidazole rings is 1. The summed E-state index contributed by atoms with van der Waals surface area (Å²) in [4.78, 5) is 27.0. The second-order valence-electron chi connectivity index (χ2n) is 5.84. The van der Waals surface area contributed by atoms with Gasteiger partial charge >= 0.3 is 0 Å². The first-order valence-corrected chi connectivity index (χ1v) is 7.63. The molecule has 1 amide bonds. The Morgan fingerprint density at radius 3 is 2.73 bits per heavy atom. The molecule has 0 radical (unpaired) electrons. The lowest BCUT2D eigenvalue weighted by Gasteiger charge is -2.32. The zero-order chi connectivity index (χ0) is 15.7. The lowest BCUT2D eigenvalue weighted by atomic mass is 9.92. The number of carbonyl (C=O) groups excluding carboxylic acids is 1. The first-order valence-electron chi connectivity index (χ1n) is 7.63. The smallest absolute Gasteiger partial charge is 0.219 e. The van der Waals surface area contributed by atoms with Crippen molar-refractivity contribution in [3.8, 4) is 11.4 Å². The maximum atomic E-state index is 11.7. The van der Waals surface area contributed by atoms with E-state index in [4.69, 9.17) is 0 Å². The van der Waals surface area contributed by atoms with E-state index < -0.39 is 0 Å². The van der Waals surface area contributed by atoms with Gasteiger partial charge in [-0.15, -0.1) is 0 Å². The van der Waals surface area contributed by atoms with E-state index in [0.717, 1.165) is 48.8 Å². The number of nitrogens with zero attached hydrogens (tertiary/aromatic N) is 5. The summed E-state index contributed by atoms with van der Waals surface area (Å²) in [5.74, 6) is 1.31. The van der Waals surface area contributed by atoms with Crippen molar-refractivity contribution in [2.45, 2.75) is 32.6 Å². The molecule has 1 aliphatic rings. The largest absolute Gasteiger partial charge is 0.342 e. The summed E-state index contributed by atoms with van der Waals surface area (Å²) in [6.45, 7) is 5.16. The van der Waals surface area contributed by atoms with Crippen LogP contribution in [0.2, 0.25) is 0 Å². The summed E-state index contributed by atoms with van der Waals surface area (Å²) in [7, 11) is 1.98. The number of piperidine rings is 1. The Labute approximate surface area is 130 Å². The molecule has 0 spiro atoms. The zero-order valence-electron chi connectivity index (χ0n) is 13.3. The molecule has 0 aromatic carbocycles. The third kappa shape index (κ3) is 2.61. The predicted octanol–water partition coefficient (Wildman–Crippen LogP) is 1.91. The number of aromatic nitrogens is 4. The van der Waals surface area contributed by atoms with Crippen molar-refractivity contribution in [2.75, 3.05) is 13.1 Å². The third-order valence-corrected chi connectivity index (χ3v) is 4.44. The third-order valence-electron chi connectivity index (χ3n) is 4.44. The van der Waals surface area contributed by atoms with Gasteiger partial charge in [-0.1, -0.05) is 0 Å². The van der Waals surface area contributed by atoms with Crippen LogP contribution in [-0.2, 0) is 11.8 Å². The van der Waals surface area contributed by atoms with E-state index in [1.165, 1.54) is 0 Å². The summed E-state index contributed by atoms with van der Waals surface area (Å²) >= 11 is 0. The molecule has 6 nitrogen and oxygen atoms in total. The standard InChI is InChI=1S/C16H21N5O/c1-11-19-9-14(20(11)3)16-15(17-6-7-18-16)13-5-4-8-21(10-13)12(2)22/h6-7,9,13H,4-5,8,10H2,1-3H3/t13-/m1/s1. The highest BCUT2D eigenvalue weighted by atomic mass is 16.2. The first-order chi connectivity index (χ1) is 10.6. The molecule has 0 unspecified atom stereocenters. The van der Waals surface area contributed by atoms with Crippen LogP contribution in [0.1, 0.15) is 37.2 Å². The normalized spacial score (nSPS) is 18.5. The van der Waals surface area contributed by atoms with Crippen LogP contribution >= 0.6 is 0 Å². The predicted molar refractivity (Wildman–Crippen MR) is 83.2 cm³/mol. The van der Waals surface area contributed by atoms with Crippen LogP contribution in [0.3, 0.4) is 0 Å². The molecule has 1 atom stereocenters. The van der Waals surface area contributed by atoms with Crippen molar-refractivity contribution >= 4 is 5.91 Å². The van der Waals surface area contributed by atoms with Crippen LogP contribution in [0, 0.1) is 6.92 Å². The molecule has 0 aliphatic carbocycles. The Balaban J connectivity index is 1.98. The molecule has 0 bridgehead atoms. The molecule has 0 N–H and O–H groups in total. The van der Waals surface area contributed by atoms with Crippen molar-refractivity contribution in [1.29, 1.82) is 0 Å². The van der Waals surface area contributed by atoms with Gasteiger partial charge in [0.2, 0.25) is 5.91 Å². The van der Waals surface area contributed by atoms with E-state index in [2.05, 4.69) is 15.0 Å². The van der Waals surface area contributed by atoms with E-state index >= 15 is 0 Å². The SMILES string of the molecule is CC(=O)N1CCC[C@@H](c2nccnc2-c2cnc(C)n2C)C1. The van der Waals surface area contributed by atoms with Crippen LogP contribution < -0.4 is 0 Å². The molecular weight excluding hydrogens is 278 g/mol. The van der Waals surface area contributed by atoms with E-state index in [0.29, 0.717) is 0 Å². The Bertz CT molecular complexity index is 694. The molecule has 6 heteroatoms. The van der Waals surface area contributed by atoms with Gasteiger partial charge in [0.1, 0.15) is 11.5 Å². The Morgan fingerprint density at radius 2 is 2.05 bits per heavy atom. The van der Waals surface area contributed by atoms with Crippen LogP contribution in [0.25, 0.3) is 11.4 Å². The highest BCUT2D eigenvalue weighted by molar-refractivity contribution is 5.73. The summed E-state index contributed by atoms with van der Waals surface area (Å²) < 4.78 is 2.03. The molecule has 3 rings (SSSR count). The van der Waals surface area contributed by atoms with Crippen molar-refractivity contribution in [3.63, 3.8) is 0 Å². The Morgan fingerprint density at radius 1 is 1.27 bits per heavy atom. The number of amides is 1. The minimum Gasteiger partial charge on any atom is -0.342 e. The van der Waals surface area contributed by atoms with Gasteiger partial charge < -0.3 is 9.47 Å². The van der Waals surface area contributed by atoms with Gasteiger partial charge in [0.05, 0.1) is 17.6 Å².